The van der Waals surface area contributed by atoms with E-state index in [1.54, 1.807) is 0 Å². The van der Waals surface area contributed by atoms with Gasteiger partial charge < -0.3 is 9.47 Å². The van der Waals surface area contributed by atoms with Crippen LogP contribution in [0.2, 0.25) is 0 Å². The summed E-state index contributed by atoms with van der Waals surface area (Å²) < 4.78 is 10.7. The Balaban J connectivity index is 1.89. The van der Waals surface area contributed by atoms with Crippen molar-refractivity contribution in [2.24, 2.45) is 0 Å². The zero-order valence-electron chi connectivity index (χ0n) is 10.5. The summed E-state index contributed by atoms with van der Waals surface area (Å²) in [4.78, 5) is 13.8. The predicted molar refractivity (Wildman–Crippen MR) is 64.7 cm³/mol. The molecule has 0 aromatic rings. The normalized spacial score (nSPS) is 28.8. The standard InChI is InChI=1S/C13H21NO3/c1-3-16-13(15)10(2)9-14-7-8-17-12-6-4-5-11(12)14/h11-12H,2-9H2,1H3. The molecule has 17 heavy (non-hydrogen) atoms. The molecule has 1 heterocycles. The SMILES string of the molecule is C=C(CN1CCOC2CCCC21)C(=O)OCC. The maximum Gasteiger partial charge on any atom is 0.334 e. The van der Waals surface area contributed by atoms with E-state index < -0.39 is 0 Å². The second-order valence-electron chi connectivity index (χ2n) is 4.70. The Hall–Kier alpha value is -0.870. The average Bonchev–Trinajstić information content (AvgIpc) is 2.78. The van der Waals surface area contributed by atoms with Gasteiger partial charge in [0.05, 0.1) is 19.3 Å². The highest BCUT2D eigenvalue weighted by atomic mass is 16.5. The first-order valence-corrected chi connectivity index (χ1v) is 6.43. The Morgan fingerprint density at radius 2 is 2.35 bits per heavy atom. The first-order valence-electron chi connectivity index (χ1n) is 6.43. The third-order valence-corrected chi connectivity index (χ3v) is 3.56. The highest BCUT2D eigenvalue weighted by molar-refractivity contribution is 5.88. The molecule has 2 fully saturated rings. The van der Waals surface area contributed by atoms with E-state index >= 15 is 0 Å². The fourth-order valence-electron chi connectivity index (χ4n) is 2.74. The predicted octanol–water partition coefficient (Wildman–Crippen LogP) is 1.36. The molecule has 0 aromatic carbocycles. The van der Waals surface area contributed by atoms with Crippen LogP contribution < -0.4 is 0 Å². The number of fused-ring (bicyclic) bond motifs is 1. The van der Waals surface area contributed by atoms with Crippen LogP contribution in [0.3, 0.4) is 0 Å². The molecule has 2 aliphatic rings. The Morgan fingerprint density at radius 3 is 3.12 bits per heavy atom. The number of hydrogen-bond donors (Lipinski definition) is 0. The molecule has 96 valence electrons. The Morgan fingerprint density at radius 1 is 1.53 bits per heavy atom. The van der Waals surface area contributed by atoms with Crippen molar-refractivity contribution in [2.45, 2.75) is 38.3 Å². The minimum atomic E-state index is -0.270. The second kappa shape index (κ2) is 5.65. The Labute approximate surface area is 103 Å². The largest absolute Gasteiger partial charge is 0.463 e. The van der Waals surface area contributed by atoms with Gasteiger partial charge in [-0.15, -0.1) is 0 Å². The zero-order valence-corrected chi connectivity index (χ0v) is 10.5. The molecule has 4 heteroatoms. The number of hydrogen-bond acceptors (Lipinski definition) is 4. The summed E-state index contributed by atoms with van der Waals surface area (Å²) in [6.07, 6.45) is 3.89. The number of nitrogens with zero attached hydrogens (tertiary/aromatic N) is 1. The summed E-state index contributed by atoms with van der Waals surface area (Å²) >= 11 is 0. The Bertz CT molecular complexity index is 303. The van der Waals surface area contributed by atoms with E-state index in [4.69, 9.17) is 9.47 Å². The summed E-state index contributed by atoms with van der Waals surface area (Å²) in [7, 11) is 0. The summed E-state index contributed by atoms with van der Waals surface area (Å²) in [5, 5.41) is 0. The van der Waals surface area contributed by atoms with Crippen LogP contribution in [-0.4, -0.2) is 49.3 Å². The Kier molecular flexibility index (Phi) is 4.18. The van der Waals surface area contributed by atoms with Crippen molar-refractivity contribution in [3.05, 3.63) is 12.2 Å². The number of carbonyl (C=O) groups is 1. The van der Waals surface area contributed by atoms with E-state index in [1.165, 1.54) is 12.8 Å². The van der Waals surface area contributed by atoms with Crippen LogP contribution in [0.4, 0.5) is 0 Å². The maximum absolute atomic E-state index is 11.5. The summed E-state index contributed by atoms with van der Waals surface area (Å²) in [6.45, 7) is 8.31. The van der Waals surface area contributed by atoms with Gasteiger partial charge in [0.1, 0.15) is 0 Å². The first-order chi connectivity index (χ1) is 8.22. The minimum absolute atomic E-state index is 0.270. The molecular weight excluding hydrogens is 218 g/mol. The van der Waals surface area contributed by atoms with Crippen LogP contribution in [0.25, 0.3) is 0 Å². The molecule has 0 radical (unpaired) electrons. The van der Waals surface area contributed by atoms with E-state index in [2.05, 4.69) is 11.5 Å². The number of ether oxygens (including phenoxy) is 2. The summed E-state index contributed by atoms with van der Waals surface area (Å²) in [5.74, 6) is -0.270. The lowest BCUT2D eigenvalue weighted by molar-refractivity contribution is -0.139. The molecular formula is C13H21NO3. The second-order valence-corrected chi connectivity index (χ2v) is 4.70. The fourth-order valence-corrected chi connectivity index (χ4v) is 2.74. The van der Waals surface area contributed by atoms with Crippen LogP contribution >= 0.6 is 0 Å². The van der Waals surface area contributed by atoms with E-state index in [1.807, 2.05) is 6.92 Å². The molecule has 1 saturated heterocycles. The molecule has 1 aliphatic carbocycles. The molecule has 0 amide bonds. The fraction of sp³-hybridized carbons (Fsp3) is 0.769. The molecule has 0 bridgehead atoms. The summed E-state index contributed by atoms with van der Waals surface area (Å²) in [6, 6.07) is 0.468. The highest BCUT2D eigenvalue weighted by Crippen LogP contribution is 2.29. The smallest absolute Gasteiger partial charge is 0.334 e. The van der Waals surface area contributed by atoms with Crippen molar-refractivity contribution in [3.8, 4) is 0 Å². The van der Waals surface area contributed by atoms with Crippen molar-refractivity contribution in [1.29, 1.82) is 0 Å². The van der Waals surface area contributed by atoms with Crippen molar-refractivity contribution >= 4 is 5.97 Å². The van der Waals surface area contributed by atoms with E-state index in [0.29, 0.717) is 30.9 Å². The molecule has 1 aliphatic heterocycles. The molecule has 0 aromatic heterocycles. The van der Waals surface area contributed by atoms with Crippen LogP contribution in [0.5, 0.6) is 0 Å². The number of esters is 1. The number of rotatable bonds is 4. The summed E-state index contributed by atoms with van der Waals surface area (Å²) in [5.41, 5.74) is 0.555. The van der Waals surface area contributed by atoms with Crippen LogP contribution in [0, 0.1) is 0 Å². The number of morpholine rings is 1. The molecule has 2 unspecified atom stereocenters. The molecule has 4 nitrogen and oxygen atoms in total. The molecule has 1 saturated carbocycles. The van der Waals surface area contributed by atoms with Gasteiger partial charge in [-0.05, 0) is 26.2 Å². The lowest BCUT2D eigenvalue weighted by Crippen LogP contribution is -2.49. The van der Waals surface area contributed by atoms with Crippen LogP contribution in [0.1, 0.15) is 26.2 Å². The van der Waals surface area contributed by atoms with Gasteiger partial charge >= 0.3 is 5.97 Å². The van der Waals surface area contributed by atoms with Gasteiger partial charge in [0.15, 0.2) is 0 Å². The molecule has 2 atom stereocenters. The average molecular weight is 239 g/mol. The van der Waals surface area contributed by atoms with Crippen molar-refractivity contribution in [1.82, 2.24) is 4.90 Å². The van der Waals surface area contributed by atoms with Crippen molar-refractivity contribution in [3.63, 3.8) is 0 Å². The van der Waals surface area contributed by atoms with Gasteiger partial charge in [0.25, 0.3) is 0 Å². The zero-order chi connectivity index (χ0) is 12.3. The molecule has 2 rings (SSSR count). The third-order valence-electron chi connectivity index (χ3n) is 3.56. The van der Waals surface area contributed by atoms with Gasteiger partial charge in [0.2, 0.25) is 0 Å². The van der Waals surface area contributed by atoms with E-state index in [-0.39, 0.29) is 5.97 Å². The highest BCUT2D eigenvalue weighted by Gasteiger charge is 2.36. The molecule has 0 N–H and O–H groups in total. The van der Waals surface area contributed by atoms with Crippen LogP contribution in [0.15, 0.2) is 12.2 Å². The van der Waals surface area contributed by atoms with Gasteiger partial charge in [0, 0.05) is 24.7 Å². The monoisotopic (exact) mass is 239 g/mol. The van der Waals surface area contributed by atoms with E-state index in [9.17, 15) is 4.79 Å². The minimum Gasteiger partial charge on any atom is -0.463 e. The topological polar surface area (TPSA) is 38.8 Å². The maximum atomic E-state index is 11.5. The lowest BCUT2D eigenvalue weighted by atomic mass is 10.1. The van der Waals surface area contributed by atoms with Crippen LogP contribution in [-0.2, 0) is 14.3 Å². The number of carbonyl (C=O) groups excluding carboxylic acids is 1. The van der Waals surface area contributed by atoms with Crippen molar-refractivity contribution < 1.29 is 14.3 Å². The van der Waals surface area contributed by atoms with Gasteiger partial charge in [-0.25, -0.2) is 4.79 Å². The molecule has 0 spiro atoms. The first kappa shape index (κ1) is 12.6. The van der Waals surface area contributed by atoms with E-state index in [0.717, 1.165) is 19.6 Å². The van der Waals surface area contributed by atoms with Crippen molar-refractivity contribution in [2.75, 3.05) is 26.3 Å². The lowest BCUT2D eigenvalue weighted by Gasteiger charge is -2.37. The van der Waals surface area contributed by atoms with Gasteiger partial charge in [-0.2, -0.15) is 0 Å². The van der Waals surface area contributed by atoms with Gasteiger partial charge in [-0.1, -0.05) is 6.58 Å². The quantitative estimate of drug-likeness (QED) is 0.548. The third kappa shape index (κ3) is 2.87. The van der Waals surface area contributed by atoms with Gasteiger partial charge in [-0.3, -0.25) is 4.90 Å².